The minimum Gasteiger partial charge on any atom is -0.383 e. The zero-order valence-corrected chi connectivity index (χ0v) is 17.0. The summed E-state index contributed by atoms with van der Waals surface area (Å²) in [5.41, 5.74) is 0.867. The summed E-state index contributed by atoms with van der Waals surface area (Å²) in [6.45, 7) is 5.13. The number of carbonyl (C=O) groups excluding carboxylic acids is 1. The number of hydrogen-bond donors (Lipinski definition) is 3. The monoisotopic (exact) mass is 397 g/mol. The van der Waals surface area contributed by atoms with Crippen molar-refractivity contribution < 1.29 is 17.9 Å². The minimum absolute atomic E-state index is 0.0333. The van der Waals surface area contributed by atoms with Gasteiger partial charge in [-0.05, 0) is 55.5 Å². The van der Waals surface area contributed by atoms with E-state index in [2.05, 4.69) is 22.3 Å². The van der Waals surface area contributed by atoms with Crippen LogP contribution < -0.4 is 15.4 Å². The highest BCUT2D eigenvalue weighted by molar-refractivity contribution is 7.89. The molecule has 1 fully saturated rings. The van der Waals surface area contributed by atoms with Crippen molar-refractivity contribution in [3.05, 3.63) is 29.8 Å². The van der Waals surface area contributed by atoms with E-state index in [4.69, 9.17) is 4.74 Å². The van der Waals surface area contributed by atoms with Gasteiger partial charge < -0.3 is 15.4 Å². The predicted octanol–water partition coefficient (Wildman–Crippen LogP) is 1.25. The molecular formula is C19H31N3O4S. The molecule has 27 heavy (non-hydrogen) atoms. The van der Waals surface area contributed by atoms with Crippen LogP contribution in [-0.4, -0.2) is 47.7 Å². The van der Waals surface area contributed by atoms with Crippen LogP contribution >= 0.6 is 0 Å². The Morgan fingerprint density at radius 2 is 2.07 bits per heavy atom. The van der Waals surface area contributed by atoms with Crippen molar-refractivity contribution in [1.82, 2.24) is 15.4 Å². The zero-order valence-electron chi connectivity index (χ0n) is 16.2. The SMILES string of the molecule is COCCNS(=O)(=O)c1ccc(CNC(=O)CC(C)C2CCCNC2)cc1. The highest BCUT2D eigenvalue weighted by Crippen LogP contribution is 2.22. The molecule has 0 spiro atoms. The van der Waals surface area contributed by atoms with Crippen LogP contribution in [0.25, 0.3) is 0 Å². The van der Waals surface area contributed by atoms with Crippen LogP contribution in [0.15, 0.2) is 29.2 Å². The molecule has 2 rings (SSSR count). The zero-order chi connectivity index (χ0) is 19.7. The Balaban J connectivity index is 1.79. The molecule has 0 aromatic heterocycles. The van der Waals surface area contributed by atoms with Crippen molar-refractivity contribution in [2.45, 2.75) is 37.6 Å². The third kappa shape index (κ3) is 7.21. The second-order valence-electron chi connectivity index (χ2n) is 7.10. The lowest BCUT2D eigenvalue weighted by atomic mass is 9.85. The van der Waals surface area contributed by atoms with Gasteiger partial charge in [0.15, 0.2) is 0 Å². The molecular weight excluding hydrogens is 366 g/mol. The molecule has 0 radical (unpaired) electrons. The first-order valence-corrected chi connectivity index (χ1v) is 11.0. The van der Waals surface area contributed by atoms with Crippen LogP contribution in [0.2, 0.25) is 0 Å². The Kier molecular flexibility index (Phi) is 8.69. The number of carbonyl (C=O) groups is 1. The summed E-state index contributed by atoms with van der Waals surface area (Å²) in [5, 5.41) is 6.32. The first-order valence-electron chi connectivity index (χ1n) is 9.47. The topological polar surface area (TPSA) is 96.5 Å². The number of amides is 1. The van der Waals surface area contributed by atoms with Gasteiger partial charge in [-0.15, -0.1) is 0 Å². The molecule has 3 N–H and O–H groups in total. The molecule has 152 valence electrons. The molecule has 1 amide bonds. The van der Waals surface area contributed by atoms with E-state index in [1.54, 1.807) is 24.3 Å². The van der Waals surface area contributed by atoms with Crippen molar-refractivity contribution >= 4 is 15.9 Å². The molecule has 1 aromatic carbocycles. The van der Waals surface area contributed by atoms with Gasteiger partial charge in [-0.3, -0.25) is 4.79 Å². The molecule has 0 aliphatic carbocycles. The van der Waals surface area contributed by atoms with E-state index in [0.717, 1.165) is 18.7 Å². The summed E-state index contributed by atoms with van der Waals surface area (Å²) in [5.74, 6) is 0.939. The van der Waals surface area contributed by atoms with Crippen molar-refractivity contribution in [1.29, 1.82) is 0 Å². The Labute approximate surface area is 162 Å². The van der Waals surface area contributed by atoms with Crippen molar-refractivity contribution in [2.75, 3.05) is 33.4 Å². The van der Waals surface area contributed by atoms with Gasteiger partial charge in [0.25, 0.3) is 0 Å². The molecule has 0 saturated carbocycles. The Morgan fingerprint density at radius 3 is 2.70 bits per heavy atom. The van der Waals surface area contributed by atoms with E-state index in [1.807, 2.05) is 0 Å². The minimum atomic E-state index is -3.53. The number of rotatable bonds is 10. The van der Waals surface area contributed by atoms with Gasteiger partial charge in [-0.25, -0.2) is 13.1 Å². The average molecular weight is 398 g/mol. The van der Waals surface area contributed by atoms with Crippen LogP contribution in [0, 0.1) is 11.8 Å². The number of piperidine rings is 1. The third-order valence-electron chi connectivity index (χ3n) is 4.97. The smallest absolute Gasteiger partial charge is 0.240 e. The fourth-order valence-corrected chi connectivity index (χ4v) is 4.26. The summed E-state index contributed by atoms with van der Waals surface area (Å²) >= 11 is 0. The van der Waals surface area contributed by atoms with Crippen LogP contribution in [0.3, 0.4) is 0 Å². The van der Waals surface area contributed by atoms with E-state index in [0.29, 0.717) is 31.4 Å². The van der Waals surface area contributed by atoms with Crippen molar-refractivity contribution in [2.24, 2.45) is 11.8 Å². The Bertz CT molecular complexity index is 685. The first kappa shape index (κ1) is 21.8. The number of methoxy groups -OCH3 is 1. The second kappa shape index (κ2) is 10.8. The normalized spacial score (nSPS) is 18.8. The maximum atomic E-state index is 12.2. The van der Waals surface area contributed by atoms with Gasteiger partial charge in [0.2, 0.25) is 15.9 Å². The largest absolute Gasteiger partial charge is 0.383 e. The summed E-state index contributed by atoms with van der Waals surface area (Å²) in [6, 6.07) is 6.54. The molecule has 2 atom stereocenters. The van der Waals surface area contributed by atoms with E-state index >= 15 is 0 Å². The standard InChI is InChI=1S/C19H31N3O4S/c1-15(17-4-3-9-20-14-17)12-19(23)21-13-16-5-7-18(8-6-16)27(24,25)22-10-11-26-2/h5-8,15,17,20,22H,3-4,9-14H2,1-2H3,(H,21,23). The summed E-state index contributed by atoms with van der Waals surface area (Å²) in [6.07, 6.45) is 2.87. The Hall–Kier alpha value is -1.48. The fourth-order valence-electron chi connectivity index (χ4n) is 3.24. The van der Waals surface area contributed by atoms with Crippen LogP contribution in [0.5, 0.6) is 0 Å². The summed E-state index contributed by atoms with van der Waals surface area (Å²) in [7, 11) is -2.01. The second-order valence-corrected chi connectivity index (χ2v) is 8.87. The van der Waals surface area contributed by atoms with Crippen molar-refractivity contribution in [3.8, 4) is 0 Å². The highest BCUT2D eigenvalue weighted by atomic mass is 32.2. The summed E-state index contributed by atoms with van der Waals surface area (Å²) < 4.78 is 31.5. The predicted molar refractivity (Wildman–Crippen MR) is 105 cm³/mol. The van der Waals surface area contributed by atoms with E-state index in [1.165, 1.54) is 20.0 Å². The Morgan fingerprint density at radius 1 is 1.33 bits per heavy atom. The summed E-state index contributed by atoms with van der Waals surface area (Å²) in [4.78, 5) is 12.4. The van der Waals surface area contributed by atoms with Crippen molar-refractivity contribution in [3.63, 3.8) is 0 Å². The molecule has 1 aliphatic rings. The molecule has 7 nitrogen and oxygen atoms in total. The van der Waals surface area contributed by atoms with Crippen LogP contribution in [0.4, 0.5) is 0 Å². The molecule has 2 unspecified atom stereocenters. The number of nitrogens with one attached hydrogen (secondary N) is 3. The average Bonchev–Trinajstić information content (AvgIpc) is 2.67. The van der Waals surface area contributed by atoms with E-state index < -0.39 is 10.0 Å². The fraction of sp³-hybridized carbons (Fsp3) is 0.632. The van der Waals surface area contributed by atoms with Gasteiger partial charge >= 0.3 is 0 Å². The van der Waals surface area contributed by atoms with Crippen LogP contribution in [0.1, 0.15) is 31.7 Å². The lowest BCUT2D eigenvalue weighted by Gasteiger charge is -2.28. The van der Waals surface area contributed by atoms with Gasteiger partial charge in [0.05, 0.1) is 11.5 Å². The van der Waals surface area contributed by atoms with Gasteiger partial charge in [-0.1, -0.05) is 19.1 Å². The molecule has 8 heteroatoms. The number of ether oxygens (including phenoxy) is 1. The number of sulfonamides is 1. The lowest BCUT2D eigenvalue weighted by Crippen LogP contribution is -2.35. The maximum absolute atomic E-state index is 12.2. The lowest BCUT2D eigenvalue weighted by molar-refractivity contribution is -0.122. The van der Waals surface area contributed by atoms with Gasteiger partial charge in [0, 0.05) is 26.6 Å². The maximum Gasteiger partial charge on any atom is 0.240 e. The van der Waals surface area contributed by atoms with Gasteiger partial charge in [0.1, 0.15) is 0 Å². The number of benzene rings is 1. The van der Waals surface area contributed by atoms with E-state index in [-0.39, 0.29) is 17.3 Å². The quantitative estimate of drug-likeness (QED) is 0.517. The molecule has 1 aromatic rings. The molecule has 0 bridgehead atoms. The van der Waals surface area contributed by atoms with Gasteiger partial charge in [-0.2, -0.15) is 0 Å². The highest BCUT2D eigenvalue weighted by Gasteiger charge is 2.22. The molecule has 1 saturated heterocycles. The van der Waals surface area contributed by atoms with Crippen LogP contribution in [-0.2, 0) is 26.1 Å². The first-order chi connectivity index (χ1) is 12.9. The van der Waals surface area contributed by atoms with E-state index in [9.17, 15) is 13.2 Å². The molecule has 1 aliphatic heterocycles. The third-order valence-corrected chi connectivity index (χ3v) is 6.45. The number of hydrogen-bond acceptors (Lipinski definition) is 5. The molecule has 1 heterocycles.